The van der Waals surface area contributed by atoms with Gasteiger partial charge in [-0.15, -0.1) is 0 Å². The molecule has 112 valence electrons. The molecule has 1 fully saturated rings. The molecular weight excluding hydrogens is 264 g/mol. The van der Waals surface area contributed by atoms with Crippen LogP contribution in [0.15, 0.2) is 30.5 Å². The average molecular weight is 286 g/mol. The maximum atomic E-state index is 12.6. The number of nitrogens with zero attached hydrogens (tertiary/aromatic N) is 1. The summed E-state index contributed by atoms with van der Waals surface area (Å²) in [5.74, 6) is 0.184. The fraction of sp³-hybridized carbons (Fsp3) is 0.471. The summed E-state index contributed by atoms with van der Waals surface area (Å²) < 4.78 is 0. The number of carbonyl (C=O) groups excluding carboxylic acids is 1. The second-order valence-corrected chi connectivity index (χ2v) is 5.80. The largest absolute Gasteiger partial charge is 0.396 e. The van der Waals surface area contributed by atoms with Crippen molar-refractivity contribution in [2.45, 2.75) is 31.7 Å². The molecule has 4 heteroatoms. The number of H-pyrrole nitrogens is 1. The molecule has 2 aromatic rings. The Hall–Kier alpha value is -1.65. The number of ketones is 1. The third kappa shape index (κ3) is 3.01. The van der Waals surface area contributed by atoms with Crippen LogP contribution in [0.25, 0.3) is 10.9 Å². The van der Waals surface area contributed by atoms with Crippen LogP contribution in [-0.2, 0) is 0 Å². The van der Waals surface area contributed by atoms with Crippen LogP contribution in [0.5, 0.6) is 0 Å². The number of Topliss-reactive ketones (excluding diaryl/α,β-unsaturated/α-hetero) is 1. The second-order valence-electron chi connectivity index (χ2n) is 5.80. The van der Waals surface area contributed by atoms with E-state index in [4.69, 9.17) is 5.11 Å². The minimum absolute atomic E-state index is 0.184. The molecule has 2 N–H and O–H groups in total. The molecule has 0 radical (unpaired) electrons. The molecule has 2 heterocycles. The van der Waals surface area contributed by atoms with Crippen molar-refractivity contribution in [3.05, 3.63) is 36.0 Å². The normalized spacial score (nSPS) is 19.4. The van der Waals surface area contributed by atoms with Gasteiger partial charge in [0, 0.05) is 35.3 Å². The summed E-state index contributed by atoms with van der Waals surface area (Å²) in [6.07, 6.45) is 5.92. The fourth-order valence-electron chi connectivity index (χ4n) is 3.33. The topological polar surface area (TPSA) is 56.3 Å². The van der Waals surface area contributed by atoms with Crippen LogP contribution < -0.4 is 0 Å². The number of benzene rings is 1. The lowest BCUT2D eigenvalue weighted by atomic mass is 10.1. The highest BCUT2D eigenvalue weighted by molar-refractivity contribution is 6.08. The standard InChI is InChI=1S/C17H22N2O2/c20-10-4-6-13-5-3-9-19(13)12-17(21)15-11-18-16-8-2-1-7-14(15)16/h1-2,7-8,11,13,18,20H,3-6,9-10,12H2. The predicted molar refractivity (Wildman–Crippen MR) is 83.5 cm³/mol. The Labute approximate surface area is 124 Å². The summed E-state index contributed by atoms with van der Waals surface area (Å²) >= 11 is 0. The Kier molecular flexibility index (Phi) is 4.36. The quantitative estimate of drug-likeness (QED) is 0.803. The minimum Gasteiger partial charge on any atom is -0.396 e. The van der Waals surface area contributed by atoms with Crippen molar-refractivity contribution in [1.82, 2.24) is 9.88 Å². The van der Waals surface area contributed by atoms with Gasteiger partial charge < -0.3 is 10.1 Å². The number of hydrogen-bond donors (Lipinski definition) is 2. The van der Waals surface area contributed by atoms with E-state index in [1.165, 1.54) is 0 Å². The lowest BCUT2D eigenvalue weighted by Crippen LogP contribution is -2.34. The van der Waals surface area contributed by atoms with Crippen molar-refractivity contribution in [1.29, 1.82) is 0 Å². The smallest absolute Gasteiger partial charge is 0.178 e. The molecule has 1 unspecified atom stereocenters. The van der Waals surface area contributed by atoms with Crippen LogP contribution in [0.3, 0.4) is 0 Å². The van der Waals surface area contributed by atoms with E-state index in [9.17, 15) is 4.79 Å². The van der Waals surface area contributed by atoms with Crippen molar-refractivity contribution < 1.29 is 9.90 Å². The summed E-state index contributed by atoms with van der Waals surface area (Å²) in [4.78, 5) is 18.0. The van der Waals surface area contributed by atoms with Crippen LogP contribution in [0.2, 0.25) is 0 Å². The Balaban J connectivity index is 1.71. The highest BCUT2D eigenvalue weighted by Gasteiger charge is 2.26. The first-order valence-electron chi connectivity index (χ1n) is 7.74. The van der Waals surface area contributed by atoms with E-state index in [0.717, 1.165) is 48.7 Å². The van der Waals surface area contributed by atoms with E-state index in [1.807, 2.05) is 30.5 Å². The number of fused-ring (bicyclic) bond motifs is 1. The van der Waals surface area contributed by atoms with Gasteiger partial charge in [-0.25, -0.2) is 0 Å². The number of likely N-dealkylation sites (tertiary alicyclic amines) is 1. The zero-order valence-electron chi connectivity index (χ0n) is 12.2. The number of nitrogens with one attached hydrogen (secondary N) is 1. The Morgan fingerprint density at radius 3 is 3.10 bits per heavy atom. The number of aromatic amines is 1. The third-order valence-electron chi connectivity index (χ3n) is 4.43. The van der Waals surface area contributed by atoms with E-state index in [-0.39, 0.29) is 12.4 Å². The number of rotatable bonds is 6. The van der Waals surface area contributed by atoms with Crippen molar-refractivity contribution >= 4 is 16.7 Å². The van der Waals surface area contributed by atoms with Gasteiger partial charge in [0.1, 0.15) is 0 Å². The molecule has 0 aliphatic carbocycles. The van der Waals surface area contributed by atoms with Gasteiger partial charge in [-0.2, -0.15) is 0 Å². The third-order valence-corrected chi connectivity index (χ3v) is 4.43. The average Bonchev–Trinajstić information content (AvgIpc) is 3.11. The molecule has 1 aromatic carbocycles. The highest BCUT2D eigenvalue weighted by Crippen LogP contribution is 2.23. The van der Waals surface area contributed by atoms with Gasteiger partial charge in [0.15, 0.2) is 5.78 Å². The molecule has 1 aromatic heterocycles. The van der Waals surface area contributed by atoms with Gasteiger partial charge >= 0.3 is 0 Å². The Morgan fingerprint density at radius 1 is 1.38 bits per heavy atom. The van der Waals surface area contributed by atoms with Crippen molar-refractivity contribution in [2.24, 2.45) is 0 Å². The fourth-order valence-corrected chi connectivity index (χ4v) is 3.33. The van der Waals surface area contributed by atoms with Gasteiger partial charge in [0.25, 0.3) is 0 Å². The predicted octanol–water partition coefficient (Wildman–Crippen LogP) is 2.59. The number of carbonyl (C=O) groups is 1. The van der Waals surface area contributed by atoms with Gasteiger partial charge in [0.2, 0.25) is 0 Å². The summed E-state index contributed by atoms with van der Waals surface area (Å²) in [6.45, 7) is 1.71. The minimum atomic E-state index is 0.184. The monoisotopic (exact) mass is 286 g/mol. The van der Waals surface area contributed by atoms with E-state index >= 15 is 0 Å². The first-order chi connectivity index (χ1) is 10.3. The van der Waals surface area contributed by atoms with Gasteiger partial charge in [0.05, 0.1) is 6.54 Å². The summed E-state index contributed by atoms with van der Waals surface area (Å²) in [5.41, 5.74) is 1.80. The first kappa shape index (κ1) is 14.3. The SMILES string of the molecule is O=C(CN1CCCC1CCCO)c1c[nH]c2ccccc12. The maximum absolute atomic E-state index is 12.6. The molecule has 3 rings (SSSR count). The molecular formula is C17H22N2O2. The van der Waals surface area contributed by atoms with E-state index in [2.05, 4.69) is 9.88 Å². The second kappa shape index (κ2) is 6.41. The molecule has 1 saturated heterocycles. The zero-order valence-corrected chi connectivity index (χ0v) is 12.2. The van der Waals surface area contributed by atoms with E-state index in [1.54, 1.807) is 0 Å². The molecule has 21 heavy (non-hydrogen) atoms. The summed E-state index contributed by atoms with van der Waals surface area (Å²) in [7, 11) is 0. The molecule has 0 saturated carbocycles. The lowest BCUT2D eigenvalue weighted by Gasteiger charge is -2.23. The number of para-hydroxylation sites is 1. The molecule has 0 amide bonds. The number of aromatic nitrogens is 1. The zero-order chi connectivity index (χ0) is 14.7. The van der Waals surface area contributed by atoms with Crippen molar-refractivity contribution in [3.8, 4) is 0 Å². The van der Waals surface area contributed by atoms with Gasteiger partial charge in [-0.3, -0.25) is 9.69 Å². The van der Waals surface area contributed by atoms with Gasteiger partial charge in [-0.05, 0) is 38.3 Å². The Morgan fingerprint density at radius 2 is 2.24 bits per heavy atom. The molecule has 4 nitrogen and oxygen atoms in total. The van der Waals surface area contributed by atoms with Crippen LogP contribution in [0.1, 0.15) is 36.0 Å². The molecule has 1 atom stereocenters. The Bertz CT molecular complexity index is 620. The number of aliphatic hydroxyl groups excluding tert-OH is 1. The lowest BCUT2D eigenvalue weighted by molar-refractivity contribution is 0.0917. The molecule has 1 aliphatic heterocycles. The molecule has 0 spiro atoms. The molecule has 1 aliphatic rings. The van der Waals surface area contributed by atoms with E-state index in [0.29, 0.717) is 12.6 Å². The number of hydrogen-bond acceptors (Lipinski definition) is 3. The van der Waals surface area contributed by atoms with Crippen molar-refractivity contribution in [3.63, 3.8) is 0 Å². The highest BCUT2D eigenvalue weighted by atomic mass is 16.2. The maximum Gasteiger partial charge on any atom is 0.178 e. The van der Waals surface area contributed by atoms with Crippen LogP contribution >= 0.6 is 0 Å². The van der Waals surface area contributed by atoms with Crippen LogP contribution in [0.4, 0.5) is 0 Å². The van der Waals surface area contributed by atoms with Crippen LogP contribution in [-0.4, -0.2) is 46.5 Å². The summed E-state index contributed by atoms with van der Waals surface area (Å²) in [5, 5.41) is 9.98. The van der Waals surface area contributed by atoms with Crippen LogP contribution in [0, 0.1) is 0 Å². The summed E-state index contributed by atoms with van der Waals surface area (Å²) in [6, 6.07) is 8.37. The number of aliphatic hydroxyl groups is 1. The first-order valence-corrected chi connectivity index (χ1v) is 7.74. The van der Waals surface area contributed by atoms with E-state index < -0.39 is 0 Å². The van der Waals surface area contributed by atoms with Gasteiger partial charge in [-0.1, -0.05) is 18.2 Å². The van der Waals surface area contributed by atoms with Crippen molar-refractivity contribution in [2.75, 3.05) is 19.7 Å². The molecule has 0 bridgehead atoms.